The van der Waals surface area contributed by atoms with Crippen LogP contribution in [0, 0.1) is 12.8 Å². The van der Waals surface area contributed by atoms with Crippen LogP contribution in [0.15, 0.2) is 78.9 Å². The zero-order valence-corrected chi connectivity index (χ0v) is 23.0. The van der Waals surface area contributed by atoms with E-state index in [1.807, 2.05) is 55.5 Å². The second-order valence-electron chi connectivity index (χ2n) is 10.8. The Morgan fingerprint density at radius 1 is 0.811 bits per heavy atom. The minimum Gasteiger partial charge on any atom is -0.354 e. The fourth-order valence-corrected chi connectivity index (χ4v) is 4.45. The number of carbonyl (C=O) groups excluding carboxylic acids is 2. The van der Waals surface area contributed by atoms with Crippen LogP contribution in [0.1, 0.15) is 67.9 Å². The average molecular weight is 499 g/mol. The van der Waals surface area contributed by atoms with Gasteiger partial charge in [-0.25, -0.2) is 0 Å². The van der Waals surface area contributed by atoms with Crippen molar-refractivity contribution in [3.63, 3.8) is 0 Å². The molecule has 0 spiro atoms. The average Bonchev–Trinajstić information content (AvgIpc) is 2.88. The Morgan fingerprint density at radius 3 is 2.11 bits per heavy atom. The summed E-state index contributed by atoms with van der Waals surface area (Å²) in [6, 6.07) is 26.1. The van der Waals surface area contributed by atoms with E-state index in [2.05, 4.69) is 63.3 Å². The SMILES string of the molecule is Cc1cccc(CN(C(=O)CCc2ccc(C(C)C)cc2)[C@@H](Cc2ccccc2)C(=O)NCC(C)C)c1. The van der Waals surface area contributed by atoms with E-state index in [1.54, 1.807) is 4.90 Å². The molecular weight excluding hydrogens is 456 g/mol. The zero-order chi connectivity index (χ0) is 26.8. The standard InChI is InChI=1S/C33H42N2O2/c1-24(2)22-34-33(37)31(21-28-11-7-6-8-12-28)35(23-29-13-9-10-26(5)20-29)32(36)19-16-27-14-17-30(18-15-27)25(3)4/h6-15,17-18,20,24-25,31H,16,19,21-23H2,1-5H3,(H,34,37)/t31-/m0/s1. The molecule has 0 unspecified atom stereocenters. The largest absolute Gasteiger partial charge is 0.354 e. The Kier molecular flexibility index (Phi) is 10.5. The quantitative estimate of drug-likeness (QED) is 0.311. The van der Waals surface area contributed by atoms with Gasteiger partial charge in [-0.05, 0) is 47.4 Å². The highest BCUT2D eigenvalue weighted by atomic mass is 16.2. The van der Waals surface area contributed by atoms with Gasteiger partial charge in [-0.2, -0.15) is 0 Å². The maximum Gasteiger partial charge on any atom is 0.243 e. The van der Waals surface area contributed by atoms with E-state index in [1.165, 1.54) is 5.56 Å². The predicted octanol–water partition coefficient (Wildman–Crippen LogP) is 6.46. The summed E-state index contributed by atoms with van der Waals surface area (Å²) in [4.78, 5) is 29.1. The molecule has 0 radical (unpaired) electrons. The molecular formula is C33H42N2O2. The molecule has 37 heavy (non-hydrogen) atoms. The van der Waals surface area contributed by atoms with Crippen molar-refractivity contribution in [3.8, 4) is 0 Å². The molecule has 0 fully saturated rings. The van der Waals surface area contributed by atoms with Crippen molar-refractivity contribution in [2.75, 3.05) is 6.54 Å². The minimum atomic E-state index is -0.586. The molecule has 3 aromatic rings. The first-order valence-corrected chi connectivity index (χ1v) is 13.5. The van der Waals surface area contributed by atoms with Crippen molar-refractivity contribution < 1.29 is 9.59 Å². The maximum atomic E-state index is 13.8. The molecule has 1 atom stereocenters. The number of hydrogen-bond acceptors (Lipinski definition) is 2. The van der Waals surface area contributed by atoms with Gasteiger partial charge in [-0.15, -0.1) is 0 Å². The van der Waals surface area contributed by atoms with Gasteiger partial charge in [0.05, 0.1) is 0 Å². The number of nitrogens with one attached hydrogen (secondary N) is 1. The molecule has 3 rings (SSSR count). The number of hydrogen-bond donors (Lipinski definition) is 1. The molecule has 0 heterocycles. The fourth-order valence-electron chi connectivity index (χ4n) is 4.45. The summed E-state index contributed by atoms with van der Waals surface area (Å²) < 4.78 is 0. The number of benzene rings is 3. The molecule has 2 amide bonds. The molecule has 0 aliphatic carbocycles. The molecule has 0 saturated carbocycles. The Hall–Kier alpha value is -3.40. The first kappa shape index (κ1) is 28.2. The van der Waals surface area contributed by atoms with Crippen molar-refractivity contribution in [3.05, 3.63) is 107 Å². The molecule has 0 aliphatic heterocycles. The number of aryl methyl sites for hydroxylation is 2. The van der Waals surface area contributed by atoms with Crippen molar-refractivity contribution in [2.45, 2.75) is 72.4 Å². The van der Waals surface area contributed by atoms with Crippen LogP contribution in [-0.4, -0.2) is 29.3 Å². The number of carbonyl (C=O) groups is 2. The molecule has 0 aliphatic rings. The second kappa shape index (κ2) is 13.8. The molecule has 0 saturated heterocycles. The Morgan fingerprint density at radius 2 is 1.49 bits per heavy atom. The van der Waals surface area contributed by atoms with Crippen molar-refractivity contribution in [1.82, 2.24) is 10.2 Å². The van der Waals surface area contributed by atoms with Crippen LogP contribution in [-0.2, 0) is 29.0 Å². The van der Waals surface area contributed by atoms with Crippen LogP contribution < -0.4 is 5.32 Å². The third kappa shape index (κ3) is 8.89. The summed E-state index contributed by atoms with van der Waals surface area (Å²) in [6.07, 6.45) is 1.48. The Labute approximate surface area is 223 Å². The van der Waals surface area contributed by atoms with Gasteiger partial charge in [-0.3, -0.25) is 9.59 Å². The lowest BCUT2D eigenvalue weighted by molar-refractivity contribution is -0.141. The van der Waals surface area contributed by atoms with E-state index >= 15 is 0 Å². The topological polar surface area (TPSA) is 49.4 Å². The van der Waals surface area contributed by atoms with Crippen molar-refractivity contribution in [1.29, 1.82) is 0 Å². The lowest BCUT2D eigenvalue weighted by Gasteiger charge is -2.32. The number of amides is 2. The van der Waals surface area contributed by atoms with E-state index < -0.39 is 6.04 Å². The number of nitrogens with zero attached hydrogens (tertiary/aromatic N) is 1. The third-order valence-electron chi connectivity index (χ3n) is 6.66. The van der Waals surface area contributed by atoms with Gasteiger partial charge in [0.2, 0.25) is 11.8 Å². The van der Waals surface area contributed by atoms with Crippen LogP contribution in [0.4, 0.5) is 0 Å². The van der Waals surface area contributed by atoms with Gasteiger partial charge >= 0.3 is 0 Å². The minimum absolute atomic E-state index is 0.00456. The fraction of sp³-hybridized carbons (Fsp3) is 0.394. The summed E-state index contributed by atoms with van der Waals surface area (Å²) in [7, 11) is 0. The Balaban J connectivity index is 1.87. The van der Waals surface area contributed by atoms with Gasteiger partial charge in [0.1, 0.15) is 6.04 Å². The molecule has 0 bridgehead atoms. The summed E-state index contributed by atoms with van der Waals surface area (Å²) in [5.41, 5.74) is 5.64. The molecule has 196 valence electrons. The zero-order valence-electron chi connectivity index (χ0n) is 23.0. The van der Waals surface area contributed by atoms with E-state index in [-0.39, 0.29) is 11.8 Å². The van der Waals surface area contributed by atoms with Crippen LogP contribution in [0.2, 0.25) is 0 Å². The smallest absolute Gasteiger partial charge is 0.243 e. The van der Waals surface area contributed by atoms with Gasteiger partial charge < -0.3 is 10.2 Å². The van der Waals surface area contributed by atoms with Gasteiger partial charge in [-0.1, -0.05) is 112 Å². The predicted molar refractivity (Wildman–Crippen MR) is 152 cm³/mol. The van der Waals surface area contributed by atoms with E-state index in [0.29, 0.717) is 44.2 Å². The highest BCUT2D eigenvalue weighted by molar-refractivity contribution is 5.88. The monoisotopic (exact) mass is 498 g/mol. The molecule has 1 N–H and O–H groups in total. The summed E-state index contributed by atoms with van der Waals surface area (Å²) in [5.74, 6) is 0.703. The van der Waals surface area contributed by atoms with Gasteiger partial charge in [0.25, 0.3) is 0 Å². The molecule has 3 aromatic carbocycles. The van der Waals surface area contributed by atoms with Crippen LogP contribution >= 0.6 is 0 Å². The van der Waals surface area contributed by atoms with Gasteiger partial charge in [0.15, 0.2) is 0 Å². The van der Waals surface area contributed by atoms with Crippen molar-refractivity contribution in [2.24, 2.45) is 5.92 Å². The first-order chi connectivity index (χ1) is 17.7. The maximum absolute atomic E-state index is 13.8. The Bertz CT molecular complexity index is 1140. The van der Waals surface area contributed by atoms with Crippen molar-refractivity contribution >= 4 is 11.8 Å². The first-order valence-electron chi connectivity index (χ1n) is 13.5. The lowest BCUT2D eigenvalue weighted by Crippen LogP contribution is -2.51. The number of rotatable bonds is 12. The van der Waals surface area contributed by atoms with Gasteiger partial charge in [0, 0.05) is 25.9 Å². The third-order valence-corrected chi connectivity index (χ3v) is 6.66. The summed E-state index contributed by atoms with van der Waals surface area (Å²) in [6.45, 7) is 11.5. The van der Waals surface area contributed by atoms with E-state index in [4.69, 9.17) is 0 Å². The van der Waals surface area contributed by atoms with Crippen LogP contribution in [0.25, 0.3) is 0 Å². The van der Waals surface area contributed by atoms with Crippen LogP contribution in [0.5, 0.6) is 0 Å². The second-order valence-corrected chi connectivity index (χ2v) is 10.8. The van der Waals surface area contributed by atoms with E-state index in [0.717, 1.165) is 22.3 Å². The summed E-state index contributed by atoms with van der Waals surface area (Å²) >= 11 is 0. The summed E-state index contributed by atoms with van der Waals surface area (Å²) in [5, 5.41) is 3.09. The molecule has 4 heteroatoms. The lowest BCUT2D eigenvalue weighted by atomic mass is 9.99. The highest BCUT2D eigenvalue weighted by Crippen LogP contribution is 2.19. The highest BCUT2D eigenvalue weighted by Gasteiger charge is 2.30. The van der Waals surface area contributed by atoms with Crippen LogP contribution in [0.3, 0.4) is 0 Å². The molecule has 4 nitrogen and oxygen atoms in total. The normalized spacial score (nSPS) is 12.0. The van der Waals surface area contributed by atoms with E-state index in [9.17, 15) is 9.59 Å². The molecule has 0 aromatic heterocycles.